The monoisotopic (exact) mass is 138 g/mol. The van der Waals surface area contributed by atoms with Gasteiger partial charge in [-0.05, 0) is 0 Å². The molecule has 0 amide bonds. The van der Waals surface area contributed by atoms with Crippen molar-refractivity contribution in [1.29, 1.82) is 0 Å². The van der Waals surface area contributed by atoms with E-state index in [2.05, 4.69) is 0 Å². The molecule has 1 nitrogen and oxygen atoms in total. The molecule has 0 spiro atoms. The molecule has 0 aromatic rings. The van der Waals surface area contributed by atoms with Crippen molar-refractivity contribution in [1.82, 2.24) is 0 Å². The van der Waals surface area contributed by atoms with Crippen LogP contribution in [0.5, 0.6) is 0 Å². The van der Waals surface area contributed by atoms with Gasteiger partial charge in [0.1, 0.15) is 0 Å². The molecule has 0 aliphatic rings. The van der Waals surface area contributed by atoms with E-state index >= 15 is 0 Å². The van der Waals surface area contributed by atoms with Crippen LogP contribution in [0.2, 0.25) is 0 Å². The molecule has 0 aliphatic carbocycles. The van der Waals surface area contributed by atoms with E-state index in [1.165, 1.54) is 0 Å². The molecular formula is HCoLiMnO. The van der Waals surface area contributed by atoms with Gasteiger partial charge in [0.25, 0.3) is 0 Å². The zero-order valence-corrected chi connectivity index (χ0v) is 4.34. The SMILES string of the molecule is [Co].[H-].[Li+].[O]=[Mn]. The van der Waals surface area contributed by atoms with Crippen LogP contribution in [0.3, 0.4) is 0 Å². The van der Waals surface area contributed by atoms with E-state index in [1.54, 1.807) is 15.9 Å². The molecule has 0 unspecified atom stereocenters. The maximum atomic E-state index is 8.06. The summed E-state index contributed by atoms with van der Waals surface area (Å²) in [4.78, 5) is 0. The van der Waals surface area contributed by atoms with Crippen molar-refractivity contribution in [2.24, 2.45) is 0 Å². The summed E-state index contributed by atoms with van der Waals surface area (Å²) in [7, 11) is 0. The van der Waals surface area contributed by atoms with Gasteiger partial charge in [0.15, 0.2) is 0 Å². The van der Waals surface area contributed by atoms with Crippen LogP contribution in [0.25, 0.3) is 0 Å². The average molecular weight is 138 g/mol. The molecule has 1 radical (unpaired) electrons. The van der Waals surface area contributed by atoms with E-state index in [1.807, 2.05) is 0 Å². The van der Waals surface area contributed by atoms with Crippen LogP contribution >= 0.6 is 0 Å². The Bertz CT molecular complexity index is 11.6. The Balaban J connectivity index is -0.00000000167. The molecule has 24 valence electrons. The first-order chi connectivity index (χ1) is 1.00. The molecule has 0 aromatic heterocycles. The van der Waals surface area contributed by atoms with Gasteiger partial charge in [-0.1, -0.05) is 0 Å². The van der Waals surface area contributed by atoms with Crippen LogP contribution in [-0.4, -0.2) is 0 Å². The fraction of sp³-hybridized carbons (Fsp3) is 0. The van der Waals surface area contributed by atoms with Crippen molar-refractivity contribution in [3.05, 3.63) is 0 Å². The summed E-state index contributed by atoms with van der Waals surface area (Å²) < 4.78 is 8.06. The van der Waals surface area contributed by atoms with Gasteiger partial charge in [-0.3, -0.25) is 0 Å². The Morgan fingerprint density at radius 3 is 1.50 bits per heavy atom. The van der Waals surface area contributed by atoms with E-state index in [0.717, 1.165) is 0 Å². The molecule has 0 saturated heterocycles. The number of hydrogen-bond donors (Lipinski definition) is 0. The number of hydrogen-bond acceptors (Lipinski definition) is 1. The normalized spacial score (nSPS) is 1.00. The minimum atomic E-state index is 0. The van der Waals surface area contributed by atoms with Crippen molar-refractivity contribution in [2.75, 3.05) is 0 Å². The maximum absolute atomic E-state index is 8.06. The first-order valence-corrected chi connectivity index (χ1v) is 0.636. The van der Waals surface area contributed by atoms with Crippen molar-refractivity contribution in [3.63, 3.8) is 0 Å². The van der Waals surface area contributed by atoms with Crippen molar-refractivity contribution in [3.8, 4) is 0 Å². The molecule has 4 heteroatoms. The summed E-state index contributed by atoms with van der Waals surface area (Å²) in [5, 5.41) is 0. The van der Waals surface area contributed by atoms with Crippen LogP contribution in [0.1, 0.15) is 1.43 Å². The van der Waals surface area contributed by atoms with Gasteiger partial charge in [-0.25, -0.2) is 0 Å². The van der Waals surface area contributed by atoms with Gasteiger partial charge in [-0.2, -0.15) is 0 Å². The zero-order chi connectivity index (χ0) is 2.00. The molecule has 0 aromatic carbocycles. The Morgan fingerprint density at radius 1 is 1.50 bits per heavy atom. The van der Waals surface area contributed by atoms with Crippen LogP contribution in [0.15, 0.2) is 0 Å². The molecule has 0 aliphatic heterocycles. The third-order valence-electron chi connectivity index (χ3n) is 0. The molecule has 0 heterocycles. The van der Waals surface area contributed by atoms with Gasteiger partial charge in [-0.15, -0.1) is 0 Å². The predicted octanol–water partition coefficient (Wildman–Crippen LogP) is -3.01. The molecular weight excluding hydrogens is 137 g/mol. The van der Waals surface area contributed by atoms with Crippen LogP contribution < -0.4 is 18.9 Å². The Kier molecular flexibility index (Phi) is 116. The Labute approximate surface area is 56.8 Å². The summed E-state index contributed by atoms with van der Waals surface area (Å²) in [6, 6.07) is 0. The van der Waals surface area contributed by atoms with Crippen LogP contribution in [-0.2, 0) is 36.6 Å². The topological polar surface area (TPSA) is 17.1 Å². The van der Waals surface area contributed by atoms with E-state index < -0.39 is 0 Å². The van der Waals surface area contributed by atoms with Gasteiger partial charge in [0.2, 0.25) is 0 Å². The minimum absolute atomic E-state index is 0. The van der Waals surface area contributed by atoms with E-state index in [4.69, 9.17) is 3.83 Å². The van der Waals surface area contributed by atoms with Gasteiger partial charge < -0.3 is 1.43 Å². The zero-order valence-electron chi connectivity index (χ0n) is 3.12. The molecule has 0 saturated carbocycles. The van der Waals surface area contributed by atoms with Crippen molar-refractivity contribution in [2.45, 2.75) is 0 Å². The van der Waals surface area contributed by atoms with Crippen molar-refractivity contribution < 1.29 is 56.8 Å². The summed E-state index contributed by atoms with van der Waals surface area (Å²) >= 11 is 1.69. The van der Waals surface area contributed by atoms with E-state index in [0.29, 0.717) is 0 Å². The van der Waals surface area contributed by atoms with Crippen LogP contribution in [0, 0.1) is 0 Å². The fourth-order valence-corrected chi connectivity index (χ4v) is 0. The first kappa shape index (κ1) is 18.1. The van der Waals surface area contributed by atoms with E-state index in [-0.39, 0.29) is 37.1 Å². The Morgan fingerprint density at radius 2 is 1.50 bits per heavy atom. The van der Waals surface area contributed by atoms with Gasteiger partial charge in [0, 0.05) is 16.8 Å². The number of rotatable bonds is 0. The fourth-order valence-electron chi connectivity index (χ4n) is 0. The molecule has 0 atom stereocenters. The van der Waals surface area contributed by atoms with Crippen molar-refractivity contribution >= 4 is 0 Å². The summed E-state index contributed by atoms with van der Waals surface area (Å²) in [5.41, 5.74) is 0. The van der Waals surface area contributed by atoms with Gasteiger partial charge >= 0.3 is 38.6 Å². The second kappa shape index (κ2) is 25.6. The molecule has 0 N–H and O–H groups in total. The molecule has 0 bridgehead atoms. The quantitative estimate of drug-likeness (QED) is 0.326. The third kappa shape index (κ3) is 9.92. The second-order valence-electron chi connectivity index (χ2n) is 0. The van der Waals surface area contributed by atoms with E-state index in [9.17, 15) is 0 Å². The average Bonchev–Trinajstić information content (AvgIpc) is 1.00. The van der Waals surface area contributed by atoms with Crippen LogP contribution in [0.4, 0.5) is 0 Å². The first-order valence-electron chi connectivity index (χ1n) is 0.154. The summed E-state index contributed by atoms with van der Waals surface area (Å²) in [6.07, 6.45) is 0. The molecule has 0 rings (SSSR count). The third-order valence-corrected chi connectivity index (χ3v) is 0. The summed E-state index contributed by atoms with van der Waals surface area (Å²) in [5.74, 6) is 0. The van der Waals surface area contributed by atoms with Gasteiger partial charge in [0.05, 0.1) is 0 Å². The molecule has 0 fully saturated rings. The summed E-state index contributed by atoms with van der Waals surface area (Å²) in [6.45, 7) is 0. The standard InChI is InChI=1S/Co.Li.Mn.O.H/q;+1;;;-1. The second-order valence-corrected chi connectivity index (χ2v) is 0. The molecule has 4 heavy (non-hydrogen) atoms. The Hall–Kier alpha value is 1.42. The predicted molar refractivity (Wildman–Crippen MR) is 1.80 cm³/mol.